The summed E-state index contributed by atoms with van der Waals surface area (Å²) in [5.41, 5.74) is 0. The lowest BCUT2D eigenvalue weighted by Crippen LogP contribution is -2.32. The van der Waals surface area contributed by atoms with Crippen LogP contribution in [0.5, 0.6) is 0 Å². The average molecular weight is 224 g/mol. The first-order valence-corrected chi connectivity index (χ1v) is 7.10. The molecule has 16 heavy (non-hydrogen) atoms. The van der Waals surface area contributed by atoms with Gasteiger partial charge in [0.1, 0.15) is 0 Å². The maximum atomic E-state index is 3.59. The first-order chi connectivity index (χ1) is 7.66. The van der Waals surface area contributed by atoms with Crippen molar-refractivity contribution >= 4 is 0 Å². The molecule has 0 bridgehead atoms. The molecule has 0 aromatic heterocycles. The van der Waals surface area contributed by atoms with Gasteiger partial charge >= 0.3 is 0 Å². The van der Waals surface area contributed by atoms with E-state index in [0.717, 1.165) is 23.9 Å². The van der Waals surface area contributed by atoms with E-state index in [-0.39, 0.29) is 0 Å². The molecule has 0 amide bonds. The Morgan fingerprint density at radius 3 is 2.62 bits per heavy atom. The Hall–Kier alpha value is -0.0800. The Bertz CT molecular complexity index is 213. The number of hydrogen-bond donors (Lipinski definition) is 1. The number of nitrogens with zero attached hydrogens (tertiary/aromatic N) is 1. The minimum atomic E-state index is 0.758. The fourth-order valence-electron chi connectivity index (χ4n) is 2.41. The Morgan fingerprint density at radius 1 is 1.38 bits per heavy atom. The van der Waals surface area contributed by atoms with Crippen LogP contribution in [0.3, 0.4) is 0 Å². The number of nitrogens with one attached hydrogen (secondary N) is 1. The molecule has 94 valence electrons. The molecule has 0 radical (unpaired) electrons. The molecule has 2 saturated carbocycles. The normalized spacial score (nSPS) is 30.8. The Balaban J connectivity index is 1.49. The van der Waals surface area contributed by atoms with Crippen LogP contribution in [-0.4, -0.2) is 37.1 Å². The van der Waals surface area contributed by atoms with E-state index in [1.165, 1.54) is 45.2 Å². The molecule has 3 atom stereocenters. The second kappa shape index (κ2) is 5.50. The monoisotopic (exact) mass is 224 g/mol. The lowest BCUT2D eigenvalue weighted by molar-refractivity contribution is 0.230. The zero-order valence-corrected chi connectivity index (χ0v) is 11.2. The minimum Gasteiger partial charge on any atom is -0.314 e. The second-order valence-electron chi connectivity index (χ2n) is 6.13. The van der Waals surface area contributed by atoms with Crippen LogP contribution in [0.1, 0.15) is 46.0 Å². The highest BCUT2D eigenvalue weighted by Crippen LogP contribution is 2.38. The molecule has 2 fully saturated rings. The topological polar surface area (TPSA) is 15.3 Å². The van der Waals surface area contributed by atoms with Crippen LogP contribution in [-0.2, 0) is 0 Å². The Labute approximate surface area is 101 Å². The molecule has 0 spiro atoms. The van der Waals surface area contributed by atoms with Crippen LogP contribution in [0.2, 0.25) is 0 Å². The molecule has 2 aliphatic carbocycles. The van der Waals surface area contributed by atoms with Gasteiger partial charge < -0.3 is 10.2 Å². The molecule has 1 N–H and O–H groups in total. The smallest absolute Gasteiger partial charge is 0.00682 e. The fourth-order valence-corrected chi connectivity index (χ4v) is 2.41. The molecule has 2 nitrogen and oxygen atoms in total. The van der Waals surface area contributed by atoms with Gasteiger partial charge in [0, 0.05) is 18.6 Å². The number of rotatable bonds is 8. The van der Waals surface area contributed by atoms with Gasteiger partial charge in [0.15, 0.2) is 0 Å². The third-order valence-electron chi connectivity index (χ3n) is 4.36. The maximum absolute atomic E-state index is 3.59. The zero-order valence-electron chi connectivity index (χ0n) is 11.2. The van der Waals surface area contributed by atoms with Gasteiger partial charge in [-0.1, -0.05) is 6.92 Å². The van der Waals surface area contributed by atoms with E-state index in [1.54, 1.807) is 0 Å². The van der Waals surface area contributed by atoms with Crippen molar-refractivity contribution in [3.8, 4) is 0 Å². The molecule has 3 unspecified atom stereocenters. The highest BCUT2D eigenvalue weighted by atomic mass is 15.1. The summed E-state index contributed by atoms with van der Waals surface area (Å²) in [5.74, 6) is 1.99. The second-order valence-corrected chi connectivity index (χ2v) is 6.13. The van der Waals surface area contributed by atoms with Gasteiger partial charge in [-0.3, -0.25) is 0 Å². The van der Waals surface area contributed by atoms with E-state index in [1.807, 2.05) is 0 Å². The van der Waals surface area contributed by atoms with Gasteiger partial charge in [-0.2, -0.15) is 0 Å². The van der Waals surface area contributed by atoms with Crippen molar-refractivity contribution < 1.29 is 0 Å². The minimum absolute atomic E-state index is 0.758. The largest absolute Gasteiger partial charge is 0.314 e. The molecular weight excluding hydrogens is 196 g/mol. The molecule has 2 rings (SSSR count). The van der Waals surface area contributed by atoms with Gasteiger partial charge in [0.2, 0.25) is 0 Å². The first-order valence-electron chi connectivity index (χ1n) is 7.10. The molecule has 0 aromatic carbocycles. The van der Waals surface area contributed by atoms with Gasteiger partial charge in [0.25, 0.3) is 0 Å². The lowest BCUT2D eigenvalue weighted by Gasteiger charge is -2.24. The predicted octanol–water partition coefficient (Wildman–Crippen LogP) is 2.49. The van der Waals surface area contributed by atoms with Crippen molar-refractivity contribution in [1.29, 1.82) is 0 Å². The van der Waals surface area contributed by atoms with Crippen LogP contribution >= 0.6 is 0 Å². The van der Waals surface area contributed by atoms with Crippen LogP contribution in [0.15, 0.2) is 0 Å². The van der Waals surface area contributed by atoms with Gasteiger partial charge in [0.05, 0.1) is 0 Å². The SMILES string of the molecule is CC1CC1CN(C)C(C)CCCNC1CC1. The maximum Gasteiger partial charge on any atom is 0.00682 e. The van der Waals surface area contributed by atoms with Crippen LogP contribution in [0.25, 0.3) is 0 Å². The predicted molar refractivity (Wildman–Crippen MR) is 69.6 cm³/mol. The summed E-state index contributed by atoms with van der Waals surface area (Å²) in [7, 11) is 2.30. The summed E-state index contributed by atoms with van der Waals surface area (Å²) in [5, 5.41) is 3.59. The summed E-state index contributed by atoms with van der Waals surface area (Å²) >= 11 is 0. The summed E-state index contributed by atoms with van der Waals surface area (Å²) in [4.78, 5) is 2.56. The first kappa shape index (κ1) is 12.4. The third-order valence-corrected chi connectivity index (χ3v) is 4.36. The highest BCUT2D eigenvalue weighted by molar-refractivity contribution is 4.85. The summed E-state index contributed by atoms with van der Waals surface area (Å²) in [6.07, 6.45) is 6.96. The van der Waals surface area contributed by atoms with Crippen molar-refractivity contribution in [1.82, 2.24) is 10.2 Å². The molecule has 0 aromatic rings. The van der Waals surface area contributed by atoms with E-state index in [2.05, 4.69) is 31.1 Å². The van der Waals surface area contributed by atoms with E-state index in [0.29, 0.717) is 0 Å². The molecular formula is C14H28N2. The third kappa shape index (κ3) is 4.06. The quantitative estimate of drug-likeness (QED) is 0.637. The molecule has 0 heterocycles. The van der Waals surface area contributed by atoms with E-state index in [9.17, 15) is 0 Å². The van der Waals surface area contributed by atoms with Gasteiger partial charge in [-0.15, -0.1) is 0 Å². The van der Waals surface area contributed by atoms with Crippen molar-refractivity contribution in [3.63, 3.8) is 0 Å². The van der Waals surface area contributed by atoms with E-state index < -0.39 is 0 Å². The van der Waals surface area contributed by atoms with Crippen molar-refractivity contribution in [2.45, 2.75) is 58.0 Å². The van der Waals surface area contributed by atoms with Gasteiger partial charge in [-0.05, 0) is 64.5 Å². The molecule has 2 aliphatic rings. The van der Waals surface area contributed by atoms with Crippen LogP contribution in [0.4, 0.5) is 0 Å². The summed E-state index contributed by atoms with van der Waals surface area (Å²) < 4.78 is 0. The summed E-state index contributed by atoms with van der Waals surface area (Å²) in [6.45, 7) is 7.30. The average Bonchev–Trinajstić information content (AvgIpc) is 3.13. The Morgan fingerprint density at radius 2 is 2.06 bits per heavy atom. The van der Waals surface area contributed by atoms with Gasteiger partial charge in [-0.25, -0.2) is 0 Å². The van der Waals surface area contributed by atoms with E-state index in [4.69, 9.17) is 0 Å². The highest BCUT2D eigenvalue weighted by Gasteiger charge is 2.33. The zero-order chi connectivity index (χ0) is 11.5. The standard InChI is InChI=1S/C14H28N2/c1-11-9-13(11)10-16(3)12(2)5-4-8-15-14-6-7-14/h11-15H,4-10H2,1-3H3. The fraction of sp³-hybridized carbons (Fsp3) is 1.00. The van der Waals surface area contributed by atoms with Crippen LogP contribution in [0, 0.1) is 11.8 Å². The van der Waals surface area contributed by atoms with E-state index >= 15 is 0 Å². The summed E-state index contributed by atoms with van der Waals surface area (Å²) in [6, 6.07) is 1.63. The molecule has 0 saturated heterocycles. The number of hydrogen-bond acceptors (Lipinski definition) is 2. The van der Waals surface area contributed by atoms with Crippen LogP contribution < -0.4 is 5.32 Å². The molecule has 0 aliphatic heterocycles. The molecule has 2 heteroatoms. The Kier molecular flexibility index (Phi) is 4.26. The van der Waals surface area contributed by atoms with Crippen molar-refractivity contribution in [3.05, 3.63) is 0 Å². The van der Waals surface area contributed by atoms with Crippen molar-refractivity contribution in [2.75, 3.05) is 20.1 Å². The van der Waals surface area contributed by atoms with Crippen molar-refractivity contribution in [2.24, 2.45) is 11.8 Å². The lowest BCUT2D eigenvalue weighted by atomic mass is 10.1.